The highest BCUT2D eigenvalue weighted by Crippen LogP contribution is 2.23. The van der Waals surface area contributed by atoms with Crippen LogP contribution in [0.4, 0.5) is 0 Å². The van der Waals surface area contributed by atoms with Crippen molar-refractivity contribution in [2.45, 2.75) is 20.1 Å². The maximum absolute atomic E-state index is 5.68. The molecule has 0 amide bonds. The van der Waals surface area contributed by atoms with Gasteiger partial charge >= 0.3 is 0 Å². The molecule has 0 aliphatic rings. The Balaban J connectivity index is 2.25. The zero-order valence-corrected chi connectivity index (χ0v) is 10.8. The third kappa shape index (κ3) is 2.90. The highest BCUT2D eigenvalue weighted by molar-refractivity contribution is 5.85. The molecule has 18 heavy (non-hydrogen) atoms. The molecule has 1 atom stereocenters. The van der Waals surface area contributed by atoms with Gasteiger partial charge in [-0.15, -0.1) is 0 Å². The van der Waals surface area contributed by atoms with Crippen LogP contribution >= 0.6 is 0 Å². The van der Waals surface area contributed by atoms with Crippen molar-refractivity contribution in [3.05, 3.63) is 48.5 Å². The number of rotatable bonds is 5. The van der Waals surface area contributed by atoms with E-state index in [2.05, 4.69) is 24.8 Å². The Bertz CT molecular complexity index is 546. The molecule has 0 spiro atoms. The molecule has 2 aromatic rings. The van der Waals surface area contributed by atoms with Crippen molar-refractivity contribution in [2.24, 2.45) is 0 Å². The van der Waals surface area contributed by atoms with Crippen LogP contribution < -0.4 is 4.74 Å². The molecule has 0 fully saturated rings. The number of hydrogen-bond acceptors (Lipinski definition) is 2. The van der Waals surface area contributed by atoms with Crippen LogP contribution in [0.2, 0.25) is 0 Å². The molecule has 0 aliphatic heterocycles. The lowest BCUT2D eigenvalue weighted by atomic mass is 10.1. The van der Waals surface area contributed by atoms with Crippen molar-refractivity contribution >= 4 is 16.8 Å². The molecular weight excluding hydrogens is 224 g/mol. The van der Waals surface area contributed by atoms with Crippen molar-refractivity contribution in [1.82, 2.24) is 0 Å². The number of fused-ring (bicyclic) bond motifs is 1. The van der Waals surface area contributed by atoms with Crippen molar-refractivity contribution in [2.75, 3.05) is 6.61 Å². The van der Waals surface area contributed by atoms with Crippen LogP contribution in [0, 0.1) is 0 Å². The average Bonchev–Trinajstić information content (AvgIpc) is 2.38. The number of hydrogen-bond donors (Lipinski definition) is 0. The van der Waals surface area contributed by atoms with E-state index in [9.17, 15) is 0 Å². The second-order valence-corrected chi connectivity index (χ2v) is 4.11. The Morgan fingerprint density at radius 3 is 2.61 bits per heavy atom. The molecule has 0 radical (unpaired) electrons. The lowest BCUT2D eigenvalue weighted by Gasteiger charge is -2.14. The first kappa shape index (κ1) is 12.7. The van der Waals surface area contributed by atoms with Gasteiger partial charge in [-0.2, -0.15) is 0 Å². The van der Waals surface area contributed by atoms with Crippen LogP contribution in [0.25, 0.3) is 16.8 Å². The van der Waals surface area contributed by atoms with E-state index in [1.54, 1.807) is 0 Å². The fraction of sp³-hybridized carbons (Fsp3) is 0.250. The Morgan fingerprint density at radius 1 is 1.17 bits per heavy atom. The summed E-state index contributed by atoms with van der Waals surface area (Å²) < 4.78 is 11.0. The number of ether oxygens (including phenoxy) is 2. The highest BCUT2D eigenvalue weighted by Gasteiger charge is 2.03. The second kappa shape index (κ2) is 5.69. The van der Waals surface area contributed by atoms with Crippen molar-refractivity contribution in [3.63, 3.8) is 0 Å². The minimum atomic E-state index is -0.222. The second-order valence-electron chi connectivity index (χ2n) is 4.11. The fourth-order valence-corrected chi connectivity index (χ4v) is 1.90. The predicted octanol–water partition coefficient (Wildman–Crippen LogP) is 4.24. The van der Waals surface area contributed by atoms with E-state index in [4.69, 9.17) is 9.47 Å². The molecule has 0 saturated heterocycles. The Labute approximate surface area is 108 Å². The van der Waals surface area contributed by atoms with Gasteiger partial charge in [0.1, 0.15) is 5.75 Å². The average molecular weight is 242 g/mol. The SMILES string of the molecule is C=Cc1ccc2cc(OC(C)OCC)ccc2c1. The van der Waals surface area contributed by atoms with E-state index in [1.165, 1.54) is 5.39 Å². The summed E-state index contributed by atoms with van der Waals surface area (Å²) in [6.07, 6.45) is 1.63. The summed E-state index contributed by atoms with van der Waals surface area (Å²) in [7, 11) is 0. The lowest BCUT2D eigenvalue weighted by molar-refractivity contribution is -0.0612. The van der Waals surface area contributed by atoms with Crippen LogP contribution in [0.5, 0.6) is 5.75 Å². The van der Waals surface area contributed by atoms with E-state index in [1.807, 2.05) is 38.1 Å². The van der Waals surface area contributed by atoms with Crippen LogP contribution in [0.15, 0.2) is 43.0 Å². The largest absolute Gasteiger partial charge is 0.465 e. The Kier molecular flexibility index (Phi) is 4.00. The van der Waals surface area contributed by atoms with Gasteiger partial charge in [-0.25, -0.2) is 0 Å². The smallest absolute Gasteiger partial charge is 0.196 e. The summed E-state index contributed by atoms with van der Waals surface area (Å²) in [5.41, 5.74) is 1.12. The summed E-state index contributed by atoms with van der Waals surface area (Å²) in [6.45, 7) is 8.28. The zero-order valence-electron chi connectivity index (χ0n) is 10.8. The highest BCUT2D eigenvalue weighted by atomic mass is 16.7. The minimum Gasteiger partial charge on any atom is -0.465 e. The summed E-state index contributed by atoms with van der Waals surface area (Å²) in [5, 5.41) is 2.34. The first-order chi connectivity index (χ1) is 8.72. The van der Waals surface area contributed by atoms with E-state index < -0.39 is 0 Å². The minimum absolute atomic E-state index is 0.222. The molecular formula is C16H18O2. The third-order valence-electron chi connectivity index (χ3n) is 2.77. The maximum Gasteiger partial charge on any atom is 0.196 e. The Morgan fingerprint density at radius 2 is 1.89 bits per heavy atom. The quantitative estimate of drug-likeness (QED) is 0.730. The monoisotopic (exact) mass is 242 g/mol. The third-order valence-corrected chi connectivity index (χ3v) is 2.77. The van der Waals surface area contributed by atoms with Gasteiger partial charge in [0.15, 0.2) is 6.29 Å². The molecule has 2 rings (SSSR count). The predicted molar refractivity (Wildman–Crippen MR) is 75.8 cm³/mol. The van der Waals surface area contributed by atoms with Gasteiger partial charge in [0, 0.05) is 6.61 Å². The molecule has 0 aliphatic carbocycles. The molecule has 1 unspecified atom stereocenters. The lowest BCUT2D eigenvalue weighted by Crippen LogP contribution is -2.15. The molecule has 0 heterocycles. The normalized spacial score (nSPS) is 12.3. The van der Waals surface area contributed by atoms with Crippen molar-refractivity contribution < 1.29 is 9.47 Å². The summed E-state index contributed by atoms with van der Waals surface area (Å²) >= 11 is 0. The number of benzene rings is 2. The van der Waals surface area contributed by atoms with Gasteiger partial charge in [-0.1, -0.05) is 30.9 Å². The molecule has 0 bridgehead atoms. The van der Waals surface area contributed by atoms with Gasteiger partial charge in [-0.3, -0.25) is 0 Å². The van der Waals surface area contributed by atoms with Crippen molar-refractivity contribution in [1.29, 1.82) is 0 Å². The van der Waals surface area contributed by atoms with E-state index >= 15 is 0 Å². The maximum atomic E-state index is 5.68. The van der Waals surface area contributed by atoms with Gasteiger partial charge in [0.2, 0.25) is 0 Å². The molecule has 0 N–H and O–H groups in total. The van der Waals surface area contributed by atoms with Crippen LogP contribution in [-0.2, 0) is 4.74 Å². The first-order valence-corrected chi connectivity index (χ1v) is 6.17. The van der Waals surface area contributed by atoms with Gasteiger partial charge in [0.05, 0.1) is 0 Å². The molecule has 2 heteroatoms. The van der Waals surface area contributed by atoms with E-state index in [0.717, 1.165) is 16.7 Å². The molecule has 2 nitrogen and oxygen atoms in total. The standard InChI is InChI=1S/C16H18O2/c1-4-13-6-7-15-11-16(9-8-14(15)10-13)18-12(3)17-5-2/h4,6-12H,1,5H2,2-3H3. The van der Waals surface area contributed by atoms with Gasteiger partial charge in [-0.05, 0) is 48.4 Å². The van der Waals surface area contributed by atoms with E-state index in [0.29, 0.717) is 6.61 Å². The van der Waals surface area contributed by atoms with Gasteiger partial charge < -0.3 is 9.47 Å². The van der Waals surface area contributed by atoms with Crippen LogP contribution in [0.3, 0.4) is 0 Å². The van der Waals surface area contributed by atoms with Crippen LogP contribution in [0.1, 0.15) is 19.4 Å². The van der Waals surface area contributed by atoms with E-state index in [-0.39, 0.29) is 6.29 Å². The fourth-order valence-electron chi connectivity index (χ4n) is 1.90. The summed E-state index contributed by atoms with van der Waals surface area (Å²) in [6, 6.07) is 12.3. The molecule has 94 valence electrons. The summed E-state index contributed by atoms with van der Waals surface area (Å²) in [4.78, 5) is 0. The zero-order chi connectivity index (χ0) is 13.0. The molecule has 2 aromatic carbocycles. The summed E-state index contributed by atoms with van der Waals surface area (Å²) in [5.74, 6) is 0.829. The molecule has 0 saturated carbocycles. The topological polar surface area (TPSA) is 18.5 Å². The first-order valence-electron chi connectivity index (χ1n) is 6.17. The molecule has 0 aromatic heterocycles. The van der Waals surface area contributed by atoms with Crippen LogP contribution in [-0.4, -0.2) is 12.9 Å². The van der Waals surface area contributed by atoms with Crippen molar-refractivity contribution in [3.8, 4) is 5.75 Å². The Hall–Kier alpha value is -1.80. The van der Waals surface area contributed by atoms with Gasteiger partial charge in [0.25, 0.3) is 0 Å².